The first-order chi connectivity index (χ1) is 12.3. The van der Waals surface area contributed by atoms with Gasteiger partial charge in [0.2, 0.25) is 10.0 Å². The van der Waals surface area contributed by atoms with Crippen molar-refractivity contribution in [3.63, 3.8) is 0 Å². The number of aromatic nitrogens is 1. The monoisotopic (exact) mass is 382 g/mol. The number of alkyl halides is 3. The molecule has 2 heterocycles. The number of pyridine rings is 1. The van der Waals surface area contributed by atoms with Crippen LogP contribution in [0.2, 0.25) is 0 Å². The summed E-state index contributed by atoms with van der Waals surface area (Å²) in [5, 5.41) is 0. The van der Waals surface area contributed by atoms with Crippen molar-refractivity contribution in [2.75, 3.05) is 0 Å². The number of furan rings is 1. The third-order valence-corrected chi connectivity index (χ3v) is 4.98. The van der Waals surface area contributed by atoms with Crippen LogP contribution in [0.5, 0.6) is 0 Å². The highest BCUT2D eigenvalue weighted by molar-refractivity contribution is 7.89. The van der Waals surface area contributed by atoms with Crippen LogP contribution in [0.1, 0.15) is 11.1 Å². The lowest BCUT2D eigenvalue weighted by molar-refractivity contribution is -0.137. The summed E-state index contributed by atoms with van der Waals surface area (Å²) < 4.78 is 69.9. The van der Waals surface area contributed by atoms with E-state index in [1.165, 1.54) is 18.7 Å². The van der Waals surface area contributed by atoms with Crippen molar-refractivity contribution in [3.8, 4) is 11.3 Å². The van der Waals surface area contributed by atoms with Gasteiger partial charge in [-0.15, -0.1) is 0 Å². The highest BCUT2D eigenvalue weighted by Gasteiger charge is 2.31. The molecule has 0 fully saturated rings. The van der Waals surface area contributed by atoms with Gasteiger partial charge in [0.1, 0.15) is 0 Å². The molecule has 0 unspecified atom stereocenters. The van der Waals surface area contributed by atoms with E-state index in [4.69, 9.17) is 4.42 Å². The zero-order valence-corrected chi connectivity index (χ0v) is 14.0. The van der Waals surface area contributed by atoms with Crippen molar-refractivity contribution >= 4 is 10.0 Å². The van der Waals surface area contributed by atoms with E-state index in [1.54, 1.807) is 18.2 Å². The van der Waals surface area contributed by atoms with E-state index in [9.17, 15) is 21.6 Å². The first-order valence-corrected chi connectivity index (χ1v) is 8.88. The predicted molar refractivity (Wildman–Crippen MR) is 87.4 cm³/mol. The minimum Gasteiger partial charge on any atom is -0.472 e. The first kappa shape index (κ1) is 18.2. The largest absolute Gasteiger partial charge is 0.472 e. The predicted octanol–water partition coefficient (Wildman–Crippen LogP) is 3.84. The van der Waals surface area contributed by atoms with E-state index in [-0.39, 0.29) is 6.54 Å². The normalized spacial score (nSPS) is 12.3. The van der Waals surface area contributed by atoms with Crippen LogP contribution >= 0.6 is 0 Å². The summed E-state index contributed by atoms with van der Waals surface area (Å²) in [6.45, 7) is -0.1000. The quantitative estimate of drug-likeness (QED) is 0.728. The molecular formula is C17H13F3N2O3S. The zero-order chi connectivity index (χ0) is 18.8. The zero-order valence-electron chi connectivity index (χ0n) is 13.2. The van der Waals surface area contributed by atoms with Crippen molar-refractivity contribution in [2.24, 2.45) is 0 Å². The molecule has 0 aliphatic rings. The van der Waals surface area contributed by atoms with Crippen LogP contribution in [-0.4, -0.2) is 13.4 Å². The Hall–Kier alpha value is -2.65. The minimum atomic E-state index is -4.61. The summed E-state index contributed by atoms with van der Waals surface area (Å²) in [6.07, 6.45) is -0.0954. The fraction of sp³-hybridized carbons (Fsp3) is 0.118. The van der Waals surface area contributed by atoms with Crippen molar-refractivity contribution in [1.82, 2.24) is 9.71 Å². The van der Waals surface area contributed by atoms with Crippen molar-refractivity contribution in [2.45, 2.75) is 17.6 Å². The first-order valence-electron chi connectivity index (χ1n) is 7.40. The van der Waals surface area contributed by atoms with Crippen molar-refractivity contribution < 1.29 is 26.0 Å². The summed E-state index contributed by atoms with van der Waals surface area (Å²) in [5.41, 5.74) is 0.976. The fourth-order valence-corrected chi connectivity index (χ4v) is 3.27. The molecular weight excluding hydrogens is 369 g/mol. The van der Waals surface area contributed by atoms with Gasteiger partial charge in [-0.25, -0.2) is 13.1 Å². The number of rotatable bonds is 5. The average Bonchev–Trinajstić information content (AvgIpc) is 3.15. The number of benzene rings is 1. The number of hydrogen-bond acceptors (Lipinski definition) is 4. The number of sulfonamides is 1. The Balaban J connectivity index is 1.72. The number of nitrogens with one attached hydrogen (secondary N) is 1. The van der Waals surface area contributed by atoms with Crippen LogP contribution in [0.4, 0.5) is 13.2 Å². The molecule has 0 saturated carbocycles. The molecule has 5 nitrogen and oxygen atoms in total. The molecule has 26 heavy (non-hydrogen) atoms. The topological polar surface area (TPSA) is 72.2 Å². The van der Waals surface area contributed by atoms with Gasteiger partial charge in [0, 0.05) is 18.3 Å². The maximum atomic E-state index is 12.7. The van der Waals surface area contributed by atoms with Gasteiger partial charge < -0.3 is 4.42 Å². The molecule has 0 radical (unpaired) electrons. The number of nitrogens with zero attached hydrogens (tertiary/aromatic N) is 1. The Kier molecular flexibility index (Phi) is 4.84. The van der Waals surface area contributed by atoms with Crippen molar-refractivity contribution in [1.29, 1.82) is 0 Å². The molecule has 0 spiro atoms. The van der Waals surface area contributed by atoms with E-state index in [1.807, 2.05) is 0 Å². The molecule has 9 heteroatoms. The molecule has 0 aliphatic carbocycles. The van der Waals surface area contributed by atoms with Gasteiger partial charge in [-0.2, -0.15) is 13.2 Å². The molecule has 3 aromatic rings. The van der Waals surface area contributed by atoms with Gasteiger partial charge in [-0.1, -0.05) is 12.1 Å². The van der Waals surface area contributed by atoms with Gasteiger partial charge in [0.25, 0.3) is 0 Å². The Labute approximate surface area is 147 Å². The lowest BCUT2D eigenvalue weighted by atomic mass is 10.2. The smallest absolute Gasteiger partial charge is 0.416 e. The van der Waals surface area contributed by atoms with Gasteiger partial charge in [-0.05, 0) is 35.9 Å². The van der Waals surface area contributed by atoms with Crippen LogP contribution in [-0.2, 0) is 22.7 Å². The Morgan fingerprint density at radius 3 is 2.54 bits per heavy atom. The second-order valence-electron chi connectivity index (χ2n) is 5.41. The fourth-order valence-electron chi connectivity index (χ4n) is 2.21. The average molecular weight is 382 g/mol. The molecule has 1 N–H and O–H groups in total. The van der Waals surface area contributed by atoms with Gasteiger partial charge >= 0.3 is 6.18 Å². The number of hydrogen-bond donors (Lipinski definition) is 1. The molecule has 0 atom stereocenters. The van der Waals surface area contributed by atoms with Crippen LogP contribution in [0, 0.1) is 0 Å². The van der Waals surface area contributed by atoms with Gasteiger partial charge in [-0.3, -0.25) is 4.98 Å². The highest BCUT2D eigenvalue weighted by Crippen LogP contribution is 2.30. The van der Waals surface area contributed by atoms with E-state index >= 15 is 0 Å². The lowest BCUT2D eigenvalue weighted by Crippen LogP contribution is -2.23. The molecule has 0 aliphatic heterocycles. The maximum Gasteiger partial charge on any atom is 0.416 e. The van der Waals surface area contributed by atoms with Crippen LogP contribution in [0.25, 0.3) is 11.3 Å². The molecule has 0 bridgehead atoms. The lowest BCUT2D eigenvalue weighted by Gasteiger charge is -2.10. The summed E-state index contributed by atoms with van der Waals surface area (Å²) in [5.74, 6) is 0. The molecule has 1 aromatic carbocycles. The Morgan fingerprint density at radius 1 is 1.12 bits per heavy atom. The second kappa shape index (κ2) is 6.93. The maximum absolute atomic E-state index is 12.7. The minimum absolute atomic E-state index is 0.1000. The van der Waals surface area contributed by atoms with E-state index in [0.29, 0.717) is 17.3 Å². The Morgan fingerprint density at radius 2 is 1.92 bits per heavy atom. The summed E-state index contributed by atoms with van der Waals surface area (Å²) >= 11 is 0. The second-order valence-corrected chi connectivity index (χ2v) is 7.18. The molecule has 3 rings (SSSR count). The molecule has 136 valence electrons. The van der Waals surface area contributed by atoms with Gasteiger partial charge in [0.15, 0.2) is 0 Å². The van der Waals surface area contributed by atoms with Crippen LogP contribution < -0.4 is 4.72 Å². The number of halogens is 3. The third kappa shape index (κ3) is 4.12. The van der Waals surface area contributed by atoms with Crippen LogP contribution in [0.3, 0.4) is 0 Å². The third-order valence-electron chi connectivity index (χ3n) is 3.58. The molecule has 2 aromatic heterocycles. The summed E-state index contributed by atoms with van der Waals surface area (Å²) in [7, 11) is -4.09. The van der Waals surface area contributed by atoms with Gasteiger partial charge in [0.05, 0.1) is 28.7 Å². The summed E-state index contributed by atoms with van der Waals surface area (Å²) in [4.78, 5) is 3.75. The van der Waals surface area contributed by atoms with E-state index < -0.39 is 26.7 Å². The SMILES string of the molecule is O=S(=O)(NCc1ccc(-c2ccoc2)nc1)c1cccc(C(F)(F)F)c1. The van der Waals surface area contributed by atoms with Crippen molar-refractivity contribution in [3.05, 3.63) is 72.3 Å². The molecule has 0 saturated heterocycles. The van der Waals surface area contributed by atoms with Crippen LogP contribution in [0.15, 0.2) is 70.5 Å². The highest BCUT2D eigenvalue weighted by atomic mass is 32.2. The van der Waals surface area contributed by atoms with E-state index in [0.717, 1.165) is 23.8 Å². The summed E-state index contributed by atoms with van der Waals surface area (Å²) in [6, 6.07) is 8.68. The molecule has 0 amide bonds. The van der Waals surface area contributed by atoms with E-state index in [2.05, 4.69) is 9.71 Å². The standard InChI is InChI=1S/C17H13F3N2O3S/c18-17(19,20)14-2-1-3-15(8-14)26(23,24)22-10-12-4-5-16(21-9-12)13-6-7-25-11-13/h1-9,11,22H,10H2. The Bertz CT molecular complexity index is 983.